The minimum atomic E-state index is 0.401. The number of anilines is 1. The molecule has 0 amide bonds. The van der Waals surface area contributed by atoms with E-state index in [1.54, 1.807) is 19.6 Å². The Morgan fingerprint density at radius 1 is 1.27 bits per heavy atom. The van der Waals surface area contributed by atoms with Crippen LogP contribution in [0.2, 0.25) is 0 Å². The number of nitrogen functional groups attached to an aromatic ring is 1. The van der Waals surface area contributed by atoms with E-state index in [1.807, 2.05) is 10.6 Å². The number of methoxy groups -OCH3 is 1. The van der Waals surface area contributed by atoms with Crippen LogP contribution in [-0.4, -0.2) is 31.6 Å². The van der Waals surface area contributed by atoms with Crippen molar-refractivity contribution >= 4 is 17.0 Å². The average molecular weight is 296 g/mol. The van der Waals surface area contributed by atoms with Crippen LogP contribution in [0.1, 0.15) is 29.9 Å². The van der Waals surface area contributed by atoms with Gasteiger partial charge in [-0.25, -0.2) is 19.9 Å². The highest BCUT2D eigenvalue weighted by molar-refractivity contribution is 5.81. The maximum absolute atomic E-state index is 5.84. The van der Waals surface area contributed by atoms with Gasteiger partial charge < -0.3 is 15.0 Å². The lowest BCUT2D eigenvalue weighted by atomic mass is 10.1. The number of aromatic nitrogens is 5. The molecular formula is C15H16N6O. The molecule has 7 nitrogen and oxygen atoms in total. The quantitative estimate of drug-likeness (QED) is 0.788. The Morgan fingerprint density at radius 2 is 2.14 bits per heavy atom. The summed E-state index contributed by atoms with van der Waals surface area (Å²) < 4.78 is 7.41. The van der Waals surface area contributed by atoms with Gasteiger partial charge in [-0.1, -0.05) is 0 Å². The molecule has 1 aliphatic rings. The monoisotopic (exact) mass is 296 g/mol. The van der Waals surface area contributed by atoms with Crippen LogP contribution in [0.15, 0.2) is 24.9 Å². The number of hydrogen-bond acceptors (Lipinski definition) is 6. The number of ether oxygens (including phenoxy) is 1. The molecular weight excluding hydrogens is 280 g/mol. The van der Waals surface area contributed by atoms with Gasteiger partial charge in [-0.3, -0.25) is 0 Å². The predicted molar refractivity (Wildman–Crippen MR) is 81.6 cm³/mol. The number of rotatable bonds is 4. The molecule has 0 atom stereocenters. The van der Waals surface area contributed by atoms with Crippen LogP contribution >= 0.6 is 0 Å². The molecule has 2 N–H and O–H groups in total. The van der Waals surface area contributed by atoms with Crippen molar-refractivity contribution in [2.45, 2.75) is 25.3 Å². The first kappa shape index (κ1) is 13.0. The zero-order valence-electron chi connectivity index (χ0n) is 12.2. The normalized spacial score (nSPS) is 14.4. The van der Waals surface area contributed by atoms with Gasteiger partial charge in [-0.05, 0) is 30.4 Å². The lowest BCUT2D eigenvalue weighted by Crippen LogP contribution is -2.05. The number of pyridine rings is 1. The first-order valence-corrected chi connectivity index (χ1v) is 7.21. The van der Waals surface area contributed by atoms with Crippen molar-refractivity contribution in [1.29, 1.82) is 0 Å². The number of nitrogens with two attached hydrogens (primary N) is 1. The summed E-state index contributed by atoms with van der Waals surface area (Å²) >= 11 is 0. The summed E-state index contributed by atoms with van der Waals surface area (Å²) in [6.07, 6.45) is 7.37. The molecule has 3 heterocycles. The molecule has 112 valence electrons. The molecule has 1 fully saturated rings. The van der Waals surface area contributed by atoms with Gasteiger partial charge in [0.1, 0.15) is 11.8 Å². The van der Waals surface area contributed by atoms with Crippen molar-refractivity contribution in [3.8, 4) is 5.88 Å². The maximum atomic E-state index is 5.84. The lowest BCUT2D eigenvalue weighted by molar-refractivity contribution is 0.391. The Morgan fingerprint density at radius 3 is 2.91 bits per heavy atom. The fourth-order valence-corrected chi connectivity index (χ4v) is 2.80. The van der Waals surface area contributed by atoms with Gasteiger partial charge in [0, 0.05) is 11.8 Å². The Hall–Kier alpha value is -2.70. The smallest absolute Gasteiger partial charge is 0.216 e. The number of fused-ring (bicyclic) bond motifs is 1. The highest BCUT2D eigenvalue weighted by Gasteiger charge is 2.30. The number of imidazole rings is 1. The summed E-state index contributed by atoms with van der Waals surface area (Å²) in [5.74, 6) is 1.67. The van der Waals surface area contributed by atoms with E-state index < -0.39 is 0 Å². The summed E-state index contributed by atoms with van der Waals surface area (Å²) in [5.41, 5.74) is 9.60. The summed E-state index contributed by atoms with van der Waals surface area (Å²) in [7, 11) is 1.67. The van der Waals surface area contributed by atoms with Gasteiger partial charge in [0.25, 0.3) is 0 Å². The molecule has 3 aromatic heterocycles. The van der Waals surface area contributed by atoms with E-state index in [-0.39, 0.29) is 0 Å². The first-order chi connectivity index (χ1) is 10.8. The van der Waals surface area contributed by atoms with Crippen LogP contribution in [0.5, 0.6) is 5.88 Å². The van der Waals surface area contributed by atoms with Gasteiger partial charge in [0.05, 0.1) is 20.0 Å². The van der Waals surface area contributed by atoms with Crippen molar-refractivity contribution in [1.82, 2.24) is 24.5 Å². The van der Waals surface area contributed by atoms with E-state index in [2.05, 4.69) is 19.9 Å². The third kappa shape index (κ3) is 2.05. The molecule has 1 aliphatic carbocycles. The molecule has 0 unspecified atom stereocenters. The van der Waals surface area contributed by atoms with Crippen molar-refractivity contribution in [3.05, 3.63) is 36.0 Å². The first-order valence-electron chi connectivity index (χ1n) is 7.21. The SMILES string of the molecule is COc1nccc(Cn2cnc3c(N)ncnc32)c1C1CC1. The minimum Gasteiger partial charge on any atom is -0.481 e. The number of hydrogen-bond donors (Lipinski definition) is 1. The van der Waals surface area contributed by atoms with Gasteiger partial charge in [0.2, 0.25) is 5.88 Å². The Labute approximate surface area is 127 Å². The van der Waals surface area contributed by atoms with Crippen molar-refractivity contribution < 1.29 is 4.74 Å². The average Bonchev–Trinajstić information content (AvgIpc) is 3.29. The van der Waals surface area contributed by atoms with Crippen molar-refractivity contribution in [3.63, 3.8) is 0 Å². The Kier molecular flexibility index (Phi) is 2.92. The summed E-state index contributed by atoms with van der Waals surface area (Å²) in [6, 6.07) is 2.03. The third-order valence-electron chi connectivity index (χ3n) is 3.99. The molecule has 4 rings (SSSR count). The van der Waals surface area contributed by atoms with Crippen LogP contribution in [0.3, 0.4) is 0 Å². The fourth-order valence-electron chi connectivity index (χ4n) is 2.80. The second kappa shape index (κ2) is 4.94. The van der Waals surface area contributed by atoms with E-state index in [0.717, 1.165) is 11.5 Å². The standard InChI is InChI=1S/C15H16N6O/c1-22-15-11(9-2-3-9)10(4-5-17-15)6-21-8-20-12-13(16)18-7-19-14(12)21/h4-5,7-9H,2-3,6H2,1H3,(H2,16,18,19). The molecule has 22 heavy (non-hydrogen) atoms. The van der Waals surface area contributed by atoms with Crippen LogP contribution in [0.4, 0.5) is 5.82 Å². The molecule has 0 bridgehead atoms. The topological polar surface area (TPSA) is 91.7 Å². The lowest BCUT2D eigenvalue weighted by Gasteiger charge is -2.13. The van der Waals surface area contributed by atoms with Gasteiger partial charge >= 0.3 is 0 Å². The van der Waals surface area contributed by atoms with Crippen LogP contribution < -0.4 is 10.5 Å². The van der Waals surface area contributed by atoms with Crippen LogP contribution in [-0.2, 0) is 6.54 Å². The Balaban J connectivity index is 1.78. The van der Waals surface area contributed by atoms with Gasteiger partial charge in [0.15, 0.2) is 11.5 Å². The van der Waals surface area contributed by atoms with E-state index in [9.17, 15) is 0 Å². The number of nitrogens with zero attached hydrogens (tertiary/aromatic N) is 5. The zero-order valence-corrected chi connectivity index (χ0v) is 12.2. The minimum absolute atomic E-state index is 0.401. The second-order valence-corrected chi connectivity index (χ2v) is 5.47. The Bertz CT molecular complexity index is 839. The molecule has 0 aromatic carbocycles. The van der Waals surface area contributed by atoms with E-state index in [4.69, 9.17) is 10.5 Å². The summed E-state index contributed by atoms with van der Waals surface area (Å²) in [6.45, 7) is 0.664. The maximum Gasteiger partial charge on any atom is 0.216 e. The highest BCUT2D eigenvalue weighted by atomic mass is 16.5. The van der Waals surface area contributed by atoms with E-state index >= 15 is 0 Å². The van der Waals surface area contributed by atoms with Crippen molar-refractivity contribution in [2.24, 2.45) is 0 Å². The van der Waals surface area contributed by atoms with Crippen molar-refractivity contribution in [2.75, 3.05) is 12.8 Å². The zero-order chi connectivity index (χ0) is 15.1. The largest absolute Gasteiger partial charge is 0.481 e. The van der Waals surface area contributed by atoms with Gasteiger partial charge in [-0.2, -0.15) is 0 Å². The van der Waals surface area contributed by atoms with E-state index in [0.29, 0.717) is 23.8 Å². The molecule has 3 aromatic rings. The molecule has 0 spiro atoms. The third-order valence-corrected chi connectivity index (χ3v) is 3.99. The van der Waals surface area contributed by atoms with Crippen LogP contribution in [0, 0.1) is 0 Å². The second-order valence-electron chi connectivity index (χ2n) is 5.47. The van der Waals surface area contributed by atoms with Crippen LogP contribution in [0.25, 0.3) is 11.2 Å². The fraction of sp³-hybridized carbons (Fsp3) is 0.333. The highest BCUT2D eigenvalue weighted by Crippen LogP contribution is 2.45. The molecule has 0 saturated heterocycles. The molecule has 1 saturated carbocycles. The molecule has 7 heteroatoms. The molecule has 0 radical (unpaired) electrons. The predicted octanol–water partition coefficient (Wildman–Crippen LogP) is 1.74. The molecule has 0 aliphatic heterocycles. The summed E-state index contributed by atoms with van der Waals surface area (Å²) in [5, 5.41) is 0. The van der Waals surface area contributed by atoms with Gasteiger partial charge in [-0.15, -0.1) is 0 Å². The van der Waals surface area contributed by atoms with E-state index in [1.165, 1.54) is 30.3 Å². The summed E-state index contributed by atoms with van der Waals surface area (Å²) in [4.78, 5) is 16.9.